The van der Waals surface area contributed by atoms with Crippen molar-refractivity contribution in [3.8, 4) is 0 Å². The van der Waals surface area contributed by atoms with E-state index in [0.717, 1.165) is 25.7 Å². The Labute approximate surface area is 189 Å². The maximum Gasteiger partial charge on any atom is 0.255 e. The first-order chi connectivity index (χ1) is 15.5. The molecule has 1 heterocycles. The maximum atomic E-state index is 12.6. The van der Waals surface area contributed by atoms with E-state index in [4.69, 9.17) is 0 Å². The molecule has 1 atom stereocenters. The number of nitrogens with zero attached hydrogens (tertiary/aromatic N) is 2. The fraction of sp³-hybridized carbons (Fsp3) is 0.346. The van der Waals surface area contributed by atoms with Crippen LogP contribution >= 0.6 is 0 Å². The van der Waals surface area contributed by atoms with Crippen LogP contribution in [-0.2, 0) is 24.2 Å². The quantitative estimate of drug-likeness (QED) is 0.453. The van der Waals surface area contributed by atoms with Crippen molar-refractivity contribution in [3.05, 3.63) is 93.9 Å². The molecule has 0 saturated carbocycles. The van der Waals surface area contributed by atoms with Gasteiger partial charge in [0, 0.05) is 24.3 Å². The van der Waals surface area contributed by atoms with Crippen LogP contribution in [0.5, 0.6) is 0 Å². The van der Waals surface area contributed by atoms with E-state index in [-0.39, 0.29) is 24.1 Å². The predicted octanol–water partition coefficient (Wildman–Crippen LogP) is 3.73. The van der Waals surface area contributed by atoms with Crippen LogP contribution < -0.4 is 16.2 Å². The highest BCUT2D eigenvalue weighted by molar-refractivity contribution is 5.76. The van der Waals surface area contributed by atoms with Crippen LogP contribution in [0.3, 0.4) is 0 Å². The number of anilines is 1. The van der Waals surface area contributed by atoms with Gasteiger partial charge in [0.15, 0.2) is 0 Å². The summed E-state index contributed by atoms with van der Waals surface area (Å²) in [5, 5.41) is 6.24. The Morgan fingerprint density at radius 2 is 1.62 bits per heavy atom. The lowest BCUT2D eigenvalue weighted by Crippen LogP contribution is -2.38. The topological polar surface area (TPSA) is 76.0 Å². The number of aromatic nitrogens is 2. The minimum atomic E-state index is -0.227. The molecule has 3 aromatic rings. The van der Waals surface area contributed by atoms with Crippen LogP contribution in [0.2, 0.25) is 0 Å². The molecule has 2 N–H and O–H groups in total. The monoisotopic (exact) mass is 432 g/mol. The van der Waals surface area contributed by atoms with Gasteiger partial charge in [-0.05, 0) is 50.7 Å². The van der Waals surface area contributed by atoms with Crippen molar-refractivity contribution in [2.24, 2.45) is 0 Å². The molecule has 6 heteroatoms. The van der Waals surface area contributed by atoms with Crippen molar-refractivity contribution >= 4 is 11.9 Å². The number of rotatable bonds is 11. The molecule has 1 unspecified atom stereocenters. The summed E-state index contributed by atoms with van der Waals surface area (Å²) in [6, 6.07) is 21.9. The van der Waals surface area contributed by atoms with Crippen molar-refractivity contribution in [1.29, 1.82) is 0 Å². The number of carbonyl (C=O) groups excluding carboxylic acids is 1. The summed E-state index contributed by atoms with van der Waals surface area (Å²) in [6.45, 7) is 4.38. The Bertz CT molecular complexity index is 1050. The lowest BCUT2D eigenvalue weighted by molar-refractivity contribution is -0.122. The standard InChI is InChI=1S/C26H32N4O2/c1-20(15-16-23-12-7-4-8-13-23)28-24(31)19-30-25(32)18-21(2)29-26(30)27-17-9-14-22-10-5-3-6-11-22/h3-8,10-13,18,20H,9,14-17,19H2,1-2H3,(H,27,29)(H,28,31). The molecule has 0 saturated heterocycles. The molecule has 1 aromatic heterocycles. The van der Waals surface area contributed by atoms with E-state index < -0.39 is 0 Å². The molecule has 0 bridgehead atoms. The van der Waals surface area contributed by atoms with E-state index in [0.29, 0.717) is 18.2 Å². The van der Waals surface area contributed by atoms with E-state index in [1.54, 1.807) is 6.92 Å². The highest BCUT2D eigenvalue weighted by Crippen LogP contribution is 2.07. The van der Waals surface area contributed by atoms with Crippen molar-refractivity contribution in [3.63, 3.8) is 0 Å². The Balaban J connectivity index is 1.54. The molecule has 0 fully saturated rings. The molecular weight excluding hydrogens is 400 g/mol. The summed E-state index contributed by atoms with van der Waals surface area (Å²) in [6.07, 6.45) is 3.56. The molecule has 0 aliphatic rings. The average Bonchev–Trinajstić information content (AvgIpc) is 2.79. The smallest absolute Gasteiger partial charge is 0.255 e. The molecule has 1 amide bonds. The fourth-order valence-corrected chi connectivity index (χ4v) is 3.61. The van der Waals surface area contributed by atoms with Gasteiger partial charge in [0.2, 0.25) is 11.9 Å². The summed E-state index contributed by atoms with van der Waals surface area (Å²) in [5.41, 5.74) is 2.92. The zero-order valence-electron chi connectivity index (χ0n) is 18.9. The lowest BCUT2D eigenvalue weighted by atomic mass is 10.1. The molecule has 168 valence electrons. The second kappa shape index (κ2) is 11.8. The van der Waals surface area contributed by atoms with Gasteiger partial charge in [0.25, 0.3) is 5.56 Å². The van der Waals surface area contributed by atoms with Crippen LogP contribution in [0.25, 0.3) is 0 Å². The SMILES string of the molecule is Cc1cc(=O)n(CC(=O)NC(C)CCc2ccccc2)c(NCCCc2ccccc2)n1. The number of hydrogen-bond acceptors (Lipinski definition) is 4. The third-order valence-corrected chi connectivity index (χ3v) is 5.32. The minimum absolute atomic E-state index is 0.0131. The second-order valence-corrected chi connectivity index (χ2v) is 8.15. The van der Waals surface area contributed by atoms with E-state index in [2.05, 4.69) is 39.9 Å². The summed E-state index contributed by atoms with van der Waals surface area (Å²) in [4.78, 5) is 29.6. The van der Waals surface area contributed by atoms with E-state index >= 15 is 0 Å². The number of amides is 1. The van der Waals surface area contributed by atoms with E-state index in [1.165, 1.54) is 21.8 Å². The number of hydrogen-bond donors (Lipinski definition) is 2. The van der Waals surface area contributed by atoms with Crippen molar-refractivity contribution in [2.75, 3.05) is 11.9 Å². The fourth-order valence-electron chi connectivity index (χ4n) is 3.61. The summed E-state index contributed by atoms with van der Waals surface area (Å²) < 4.78 is 1.41. The van der Waals surface area contributed by atoms with Crippen LogP contribution in [0.4, 0.5) is 5.95 Å². The molecule has 3 rings (SSSR count). The van der Waals surface area contributed by atoms with Crippen LogP contribution in [0.1, 0.15) is 36.6 Å². The predicted molar refractivity (Wildman–Crippen MR) is 129 cm³/mol. The van der Waals surface area contributed by atoms with Gasteiger partial charge in [-0.15, -0.1) is 0 Å². The molecular formula is C26H32N4O2. The number of carbonyl (C=O) groups is 1. The molecule has 32 heavy (non-hydrogen) atoms. The Kier molecular flexibility index (Phi) is 8.61. The molecule has 0 aliphatic carbocycles. The number of nitrogens with one attached hydrogen (secondary N) is 2. The van der Waals surface area contributed by atoms with Crippen molar-refractivity contribution in [1.82, 2.24) is 14.9 Å². The van der Waals surface area contributed by atoms with Crippen LogP contribution in [-0.4, -0.2) is 28.0 Å². The summed E-state index contributed by atoms with van der Waals surface area (Å²) in [7, 11) is 0. The van der Waals surface area contributed by atoms with Crippen molar-refractivity contribution < 1.29 is 4.79 Å². The zero-order valence-corrected chi connectivity index (χ0v) is 18.9. The van der Waals surface area contributed by atoms with Gasteiger partial charge in [0.1, 0.15) is 6.54 Å². The van der Waals surface area contributed by atoms with Gasteiger partial charge in [-0.1, -0.05) is 60.7 Å². The molecule has 0 radical (unpaired) electrons. The third kappa shape index (κ3) is 7.38. The minimum Gasteiger partial charge on any atom is -0.356 e. The van der Waals surface area contributed by atoms with E-state index in [9.17, 15) is 9.59 Å². The van der Waals surface area contributed by atoms with Crippen LogP contribution in [0, 0.1) is 6.92 Å². The lowest BCUT2D eigenvalue weighted by Gasteiger charge is -2.17. The highest BCUT2D eigenvalue weighted by atomic mass is 16.2. The third-order valence-electron chi connectivity index (χ3n) is 5.32. The molecule has 6 nitrogen and oxygen atoms in total. The molecule has 0 spiro atoms. The van der Waals surface area contributed by atoms with Gasteiger partial charge in [-0.2, -0.15) is 0 Å². The molecule has 0 aliphatic heterocycles. The highest BCUT2D eigenvalue weighted by Gasteiger charge is 2.13. The number of aryl methyl sites for hydroxylation is 3. The Hall–Kier alpha value is -3.41. The first kappa shape index (κ1) is 23.3. The maximum absolute atomic E-state index is 12.6. The Morgan fingerprint density at radius 3 is 2.28 bits per heavy atom. The van der Waals surface area contributed by atoms with Gasteiger partial charge < -0.3 is 10.6 Å². The van der Waals surface area contributed by atoms with Gasteiger partial charge in [-0.3, -0.25) is 14.2 Å². The van der Waals surface area contributed by atoms with Gasteiger partial charge in [0.05, 0.1) is 0 Å². The number of benzene rings is 2. The summed E-state index contributed by atoms with van der Waals surface area (Å²) >= 11 is 0. The summed E-state index contributed by atoms with van der Waals surface area (Å²) in [5.74, 6) is 0.251. The van der Waals surface area contributed by atoms with Crippen molar-refractivity contribution in [2.45, 2.75) is 52.1 Å². The van der Waals surface area contributed by atoms with Crippen LogP contribution in [0.15, 0.2) is 71.5 Å². The first-order valence-electron chi connectivity index (χ1n) is 11.2. The largest absolute Gasteiger partial charge is 0.356 e. The van der Waals surface area contributed by atoms with Gasteiger partial charge >= 0.3 is 0 Å². The van der Waals surface area contributed by atoms with E-state index in [1.807, 2.05) is 43.3 Å². The van der Waals surface area contributed by atoms with Gasteiger partial charge in [-0.25, -0.2) is 4.98 Å². The second-order valence-electron chi connectivity index (χ2n) is 8.15. The Morgan fingerprint density at radius 1 is 1.00 bits per heavy atom. The zero-order chi connectivity index (χ0) is 22.8. The first-order valence-corrected chi connectivity index (χ1v) is 11.2. The average molecular weight is 433 g/mol. The normalized spacial score (nSPS) is 11.7. The molecule has 2 aromatic carbocycles.